The molecule has 5 nitrogen and oxygen atoms in total. The van der Waals surface area contributed by atoms with Gasteiger partial charge < -0.3 is 5.11 Å². The van der Waals surface area contributed by atoms with Crippen LogP contribution in [0.3, 0.4) is 0 Å². The SMILES string of the molecule is CSc1nn2c(I)cccc2c1NC(=O)O. The van der Waals surface area contributed by atoms with E-state index in [0.29, 0.717) is 10.7 Å². The zero-order chi connectivity index (χ0) is 11.7. The molecular weight excluding hydrogens is 341 g/mol. The van der Waals surface area contributed by atoms with Crippen LogP contribution in [-0.2, 0) is 0 Å². The predicted octanol–water partition coefficient (Wildman–Crippen LogP) is 2.75. The van der Waals surface area contributed by atoms with Crippen molar-refractivity contribution in [2.45, 2.75) is 5.03 Å². The van der Waals surface area contributed by atoms with Crippen LogP contribution in [-0.4, -0.2) is 27.1 Å². The van der Waals surface area contributed by atoms with Gasteiger partial charge in [-0.1, -0.05) is 6.07 Å². The summed E-state index contributed by atoms with van der Waals surface area (Å²) >= 11 is 3.56. The third-order valence-electron chi connectivity index (χ3n) is 2.00. The second-order valence-electron chi connectivity index (χ2n) is 2.96. The van der Waals surface area contributed by atoms with Gasteiger partial charge in [-0.05, 0) is 41.0 Å². The lowest BCUT2D eigenvalue weighted by atomic mass is 10.3. The van der Waals surface area contributed by atoms with E-state index in [0.717, 1.165) is 9.22 Å². The molecule has 0 radical (unpaired) electrons. The van der Waals surface area contributed by atoms with Crippen molar-refractivity contribution in [1.29, 1.82) is 0 Å². The highest BCUT2D eigenvalue weighted by Crippen LogP contribution is 2.29. The Morgan fingerprint density at radius 3 is 3.00 bits per heavy atom. The van der Waals surface area contributed by atoms with E-state index >= 15 is 0 Å². The number of amides is 1. The van der Waals surface area contributed by atoms with Crippen LogP contribution >= 0.6 is 34.4 Å². The Balaban J connectivity index is 2.68. The first-order valence-corrected chi connectivity index (χ1v) is 6.65. The molecule has 0 atom stereocenters. The topological polar surface area (TPSA) is 66.6 Å². The first kappa shape index (κ1) is 11.5. The van der Waals surface area contributed by atoms with Crippen molar-refractivity contribution >= 4 is 51.7 Å². The lowest BCUT2D eigenvalue weighted by Crippen LogP contribution is -2.07. The van der Waals surface area contributed by atoms with Crippen LogP contribution in [0.5, 0.6) is 0 Å². The van der Waals surface area contributed by atoms with Gasteiger partial charge in [0, 0.05) is 0 Å². The molecule has 0 saturated carbocycles. The number of hydrogen-bond donors (Lipinski definition) is 2. The molecule has 0 unspecified atom stereocenters. The number of hydrogen-bond acceptors (Lipinski definition) is 3. The van der Waals surface area contributed by atoms with Crippen LogP contribution in [0.25, 0.3) is 5.52 Å². The molecule has 0 aromatic carbocycles. The maximum absolute atomic E-state index is 10.7. The molecule has 2 aromatic heterocycles. The quantitative estimate of drug-likeness (QED) is 0.497. The predicted molar refractivity (Wildman–Crippen MR) is 71.3 cm³/mol. The number of carboxylic acid groups (broad SMARTS) is 1. The summed E-state index contributed by atoms with van der Waals surface area (Å²) in [6.07, 6.45) is 0.783. The maximum Gasteiger partial charge on any atom is 0.409 e. The monoisotopic (exact) mass is 349 g/mol. The molecule has 2 rings (SSSR count). The van der Waals surface area contributed by atoms with E-state index in [1.807, 2.05) is 24.5 Å². The molecule has 0 aliphatic carbocycles. The average molecular weight is 349 g/mol. The number of fused-ring (bicyclic) bond motifs is 1. The molecule has 16 heavy (non-hydrogen) atoms. The van der Waals surface area contributed by atoms with Crippen LogP contribution in [0.1, 0.15) is 0 Å². The van der Waals surface area contributed by atoms with E-state index in [-0.39, 0.29) is 0 Å². The molecule has 0 saturated heterocycles. The normalized spacial score (nSPS) is 10.6. The van der Waals surface area contributed by atoms with Gasteiger partial charge in [0.15, 0.2) is 0 Å². The minimum Gasteiger partial charge on any atom is -0.465 e. The maximum atomic E-state index is 10.7. The average Bonchev–Trinajstić information content (AvgIpc) is 2.58. The van der Waals surface area contributed by atoms with Gasteiger partial charge >= 0.3 is 6.09 Å². The number of thioether (sulfide) groups is 1. The molecule has 0 aliphatic heterocycles. The van der Waals surface area contributed by atoms with E-state index < -0.39 is 6.09 Å². The van der Waals surface area contributed by atoms with Crippen LogP contribution < -0.4 is 5.32 Å². The highest BCUT2D eigenvalue weighted by molar-refractivity contribution is 14.1. The summed E-state index contributed by atoms with van der Waals surface area (Å²) in [5.41, 5.74) is 1.30. The van der Waals surface area contributed by atoms with E-state index in [2.05, 4.69) is 33.0 Å². The first-order chi connectivity index (χ1) is 7.63. The Morgan fingerprint density at radius 1 is 1.62 bits per heavy atom. The molecular formula is C9H8IN3O2S. The summed E-state index contributed by atoms with van der Waals surface area (Å²) in [6.45, 7) is 0. The number of pyridine rings is 1. The second-order valence-corrected chi connectivity index (χ2v) is 4.86. The summed E-state index contributed by atoms with van der Waals surface area (Å²) in [6, 6.07) is 5.62. The molecule has 7 heteroatoms. The van der Waals surface area contributed by atoms with Crippen LogP contribution in [0.15, 0.2) is 23.2 Å². The Kier molecular flexibility index (Phi) is 3.24. The smallest absolute Gasteiger partial charge is 0.409 e. The lowest BCUT2D eigenvalue weighted by molar-refractivity contribution is 0.209. The van der Waals surface area contributed by atoms with Gasteiger partial charge in [0.25, 0.3) is 0 Å². The zero-order valence-electron chi connectivity index (χ0n) is 8.27. The van der Waals surface area contributed by atoms with E-state index in [9.17, 15) is 4.79 Å². The summed E-state index contributed by atoms with van der Waals surface area (Å²) in [4.78, 5) is 10.7. The molecule has 2 N–H and O–H groups in total. The van der Waals surface area contributed by atoms with Crippen molar-refractivity contribution in [2.24, 2.45) is 0 Å². The van der Waals surface area contributed by atoms with Gasteiger partial charge in [0.05, 0.1) is 5.52 Å². The third kappa shape index (κ3) is 1.96. The van der Waals surface area contributed by atoms with E-state index in [4.69, 9.17) is 5.11 Å². The number of halogens is 1. The van der Waals surface area contributed by atoms with Crippen molar-refractivity contribution in [3.05, 3.63) is 21.9 Å². The van der Waals surface area contributed by atoms with Crippen molar-refractivity contribution in [2.75, 3.05) is 11.6 Å². The molecule has 2 heterocycles. The Bertz CT molecular complexity index is 555. The minimum atomic E-state index is -1.08. The van der Waals surface area contributed by atoms with Crippen molar-refractivity contribution in [1.82, 2.24) is 9.61 Å². The molecule has 0 spiro atoms. The van der Waals surface area contributed by atoms with Crippen LogP contribution in [0.2, 0.25) is 0 Å². The summed E-state index contributed by atoms with van der Waals surface area (Å²) in [7, 11) is 0. The van der Waals surface area contributed by atoms with Crippen molar-refractivity contribution in [3.63, 3.8) is 0 Å². The summed E-state index contributed by atoms with van der Waals surface area (Å²) < 4.78 is 2.65. The standard InChI is InChI=1S/C9H8IN3O2S/c1-16-8-7(11-9(14)15)5-3-2-4-6(10)13(5)12-8/h2-4,11H,1H3,(H,14,15). The van der Waals surface area contributed by atoms with Crippen LogP contribution in [0, 0.1) is 3.70 Å². The van der Waals surface area contributed by atoms with Gasteiger partial charge in [0.1, 0.15) is 14.4 Å². The number of nitrogens with one attached hydrogen (secondary N) is 1. The molecule has 0 aliphatic rings. The Hall–Kier alpha value is -0.960. The summed E-state index contributed by atoms with van der Waals surface area (Å²) in [5.74, 6) is 0. The fraction of sp³-hybridized carbons (Fsp3) is 0.111. The highest BCUT2D eigenvalue weighted by atomic mass is 127. The molecule has 1 amide bonds. The molecule has 0 fully saturated rings. The fourth-order valence-corrected chi connectivity index (χ4v) is 2.48. The third-order valence-corrected chi connectivity index (χ3v) is 3.49. The Morgan fingerprint density at radius 2 is 2.38 bits per heavy atom. The highest BCUT2D eigenvalue weighted by Gasteiger charge is 2.14. The second kappa shape index (κ2) is 4.50. The van der Waals surface area contributed by atoms with Gasteiger partial charge in [-0.15, -0.1) is 11.8 Å². The van der Waals surface area contributed by atoms with Gasteiger partial charge in [-0.3, -0.25) is 5.32 Å². The zero-order valence-corrected chi connectivity index (χ0v) is 11.2. The van der Waals surface area contributed by atoms with E-state index in [1.165, 1.54) is 11.8 Å². The lowest BCUT2D eigenvalue weighted by Gasteiger charge is -2.00. The van der Waals surface area contributed by atoms with Gasteiger partial charge in [0.2, 0.25) is 0 Å². The molecule has 84 valence electrons. The fourth-order valence-electron chi connectivity index (χ4n) is 1.38. The largest absolute Gasteiger partial charge is 0.465 e. The minimum absolute atomic E-state index is 0.540. The number of aromatic nitrogens is 2. The molecule has 0 bridgehead atoms. The first-order valence-electron chi connectivity index (χ1n) is 4.34. The van der Waals surface area contributed by atoms with Crippen molar-refractivity contribution in [3.8, 4) is 0 Å². The van der Waals surface area contributed by atoms with E-state index in [1.54, 1.807) is 4.52 Å². The number of carbonyl (C=O) groups is 1. The molecule has 2 aromatic rings. The summed E-state index contributed by atoms with van der Waals surface area (Å²) in [5, 5.41) is 16.2. The van der Waals surface area contributed by atoms with Gasteiger partial charge in [-0.25, -0.2) is 9.31 Å². The van der Waals surface area contributed by atoms with Gasteiger partial charge in [-0.2, -0.15) is 5.10 Å². The van der Waals surface area contributed by atoms with Crippen LogP contribution in [0.4, 0.5) is 10.5 Å². The number of nitrogens with zero attached hydrogens (tertiary/aromatic N) is 2. The number of anilines is 1. The Labute approximate surface area is 109 Å². The van der Waals surface area contributed by atoms with Crippen molar-refractivity contribution < 1.29 is 9.90 Å². The number of rotatable bonds is 2.